The molecule has 22 heavy (non-hydrogen) atoms. The highest BCUT2D eigenvalue weighted by atomic mass is 35.5. The maximum absolute atomic E-state index is 11.5. The predicted molar refractivity (Wildman–Crippen MR) is 91.4 cm³/mol. The Morgan fingerprint density at radius 1 is 1.09 bits per heavy atom. The van der Waals surface area contributed by atoms with Crippen molar-refractivity contribution in [2.45, 2.75) is 13.3 Å². The molecule has 2 aromatic carbocycles. The van der Waals surface area contributed by atoms with Crippen molar-refractivity contribution < 1.29 is 9.53 Å². The second kappa shape index (κ2) is 8.02. The number of hydrogen-bond acceptors (Lipinski definition) is 2. The van der Waals surface area contributed by atoms with Crippen LogP contribution in [0.4, 0.5) is 0 Å². The molecule has 0 N–H and O–H groups in total. The van der Waals surface area contributed by atoms with Crippen molar-refractivity contribution >= 4 is 35.2 Å². The number of hydrogen-bond donors (Lipinski definition) is 0. The van der Waals surface area contributed by atoms with Gasteiger partial charge in [0.15, 0.2) is 0 Å². The van der Waals surface area contributed by atoms with Crippen molar-refractivity contribution in [1.82, 2.24) is 0 Å². The molecule has 0 bridgehead atoms. The van der Waals surface area contributed by atoms with Gasteiger partial charge in [-0.3, -0.25) is 0 Å². The molecule has 0 fully saturated rings. The molecule has 0 aliphatic heterocycles. The van der Waals surface area contributed by atoms with E-state index in [0.717, 1.165) is 23.1 Å². The van der Waals surface area contributed by atoms with Crippen molar-refractivity contribution in [3.8, 4) is 0 Å². The molecule has 0 aromatic heterocycles. The molecule has 0 saturated heterocycles. The highest BCUT2D eigenvalue weighted by molar-refractivity contribution is 6.31. The SMILES string of the molecule is CCOC(=O)C=Cc1cc(Cl)ccc1Cc1ccc(Cl)cc1. The number of carbonyl (C=O) groups excluding carboxylic acids is 1. The van der Waals surface area contributed by atoms with Crippen LogP contribution in [0.3, 0.4) is 0 Å². The minimum Gasteiger partial charge on any atom is -0.463 e. The molecule has 0 atom stereocenters. The van der Waals surface area contributed by atoms with Crippen molar-refractivity contribution in [3.05, 3.63) is 75.3 Å². The molecule has 114 valence electrons. The maximum Gasteiger partial charge on any atom is 0.330 e. The van der Waals surface area contributed by atoms with E-state index in [9.17, 15) is 4.79 Å². The lowest BCUT2D eigenvalue weighted by molar-refractivity contribution is -0.137. The molecule has 2 nitrogen and oxygen atoms in total. The Morgan fingerprint density at radius 2 is 1.77 bits per heavy atom. The number of rotatable bonds is 5. The normalized spacial score (nSPS) is 10.9. The molecule has 4 heteroatoms. The average molecular weight is 335 g/mol. The monoisotopic (exact) mass is 334 g/mol. The van der Waals surface area contributed by atoms with E-state index in [4.69, 9.17) is 27.9 Å². The summed E-state index contributed by atoms with van der Waals surface area (Å²) in [5.41, 5.74) is 3.11. The number of ether oxygens (including phenoxy) is 1. The van der Waals surface area contributed by atoms with E-state index in [1.807, 2.05) is 42.5 Å². The van der Waals surface area contributed by atoms with Crippen LogP contribution >= 0.6 is 23.2 Å². The fourth-order valence-electron chi connectivity index (χ4n) is 2.05. The zero-order chi connectivity index (χ0) is 15.9. The molecule has 0 spiro atoms. The second-order valence-electron chi connectivity index (χ2n) is 4.73. The standard InChI is InChI=1S/C18H16Cl2O2/c1-2-22-18(21)10-6-15-12-17(20)9-5-14(15)11-13-3-7-16(19)8-4-13/h3-10,12H,2,11H2,1H3. The third kappa shape index (κ3) is 4.90. The quantitative estimate of drug-likeness (QED) is 0.557. The summed E-state index contributed by atoms with van der Waals surface area (Å²) in [4.78, 5) is 11.5. The molecule has 0 heterocycles. The number of carbonyl (C=O) groups is 1. The number of benzene rings is 2. The third-order valence-corrected chi connectivity index (χ3v) is 3.59. The van der Waals surface area contributed by atoms with E-state index in [-0.39, 0.29) is 5.97 Å². The Balaban J connectivity index is 2.23. The Hall–Kier alpha value is -1.77. The molecule has 0 amide bonds. The van der Waals surface area contributed by atoms with Crippen LogP contribution < -0.4 is 0 Å². The van der Waals surface area contributed by atoms with Gasteiger partial charge < -0.3 is 4.74 Å². The summed E-state index contributed by atoms with van der Waals surface area (Å²) in [6.07, 6.45) is 3.88. The van der Waals surface area contributed by atoms with Crippen LogP contribution in [0.1, 0.15) is 23.6 Å². The van der Waals surface area contributed by atoms with Crippen LogP contribution in [0.2, 0.25) is 10.0 Å². The van der Waals surface area contributed by atoms with Gasteiger partial charge >= 0.3 is 5.97 Å². The average Bonchev–Trinajstić information content (AvgIpc) is 2.50. The van der Waals surface area contributed by atoms with Gasteiger partial charge in [0.1, 0.15) is 0 Å². The van der Waals surface area contributed by atoms with Crippen LogP contribution in [0.5, 0.6) is 0 Å². The van der Waals surface area contributed by atoms with Gasteiger partial charge in [0.2, 0.25) is 0 Å². The van der Waals surface area contributed by atoms with Crippen molar-refractivity contribution in [1.29, 1.82) is 0 Å². The maximum atomic E-state index is 11.5. The van der Waals surface area contributed by atoms with E-state index >= 15 is 0 Å². The zero-order valence-corrected chi connectivity index (χ0v) is 13.7. The summed E-state index contributed by atoms with van der Waals surface area (Å²) in [5, 5.41) is 1.34. The Labute approximate surface area is 140 Å². The predicted octanol–water partition coefficient (Wildman–Crippen LogP) is 5.16. The zero-order valence-electron chi connectivity index (χ0n) is 12.2. The van der Waals surface area contributed by atoms with Crippen LogP contribution in [0.25, 0.3) is 6.08 Å². The summed E-state index contributed by atoms with van der Waals surface area (Å²) in [7, 11) is 0. The van der Waals surface area contributed by atoms with E-state index in [1.54, 1.807) is 13.0 Å². The molecule has 2 aromatic rings. The smallest absolute Gasteiger partial charge is 0.330 e. The van der Waals surface area contributed by atoms with E-state index in [1.165, 1.54) is 6.08 Å². The molecule has 2 rings (SSSR count). The molecule has 0 radical (unpaired) electrons. The van der Waals surface area contributed by atoms with Crippen LogP contribution in [-0.4, -0.2) is 12.6 Å². The van der Waals surface area contributed by atoms with Crippen molar-refractivity contribution in [2.24, 2.45) is 0 Å². The Bertz CT molecular complexity index is 676. The summed E-state index contributed by atoms with van der Waals surface area (Å²) >= 11 is 12.0. The van der Waals surface area contributed by atoms with Crippen LogP contribution in [0, 0.1) is 0 Å². The molecular weight excluding hydrogens is 319 g/mol. The topological polar surface area (TPSA) is 26.3 Å². The molecule has 0 unspecified atom stereocenters. The third-order valence-electron chi connectivity index (χ3n) is 3.10. The van der Waals surface area contributed by atoms with Crippen molar-refractivity contribution in [3.63, 3.8) is 0 Å². The lowest BCUT2D eigenvalue weighted by Gasteiger charge is -2.07. The summed E-state index contributed by atoms with van der Waals surface area (Å²) in [5.74, 6) is -0.361. The van der Waals surface area contributed by atoms with Gasteiger partial charge in [-0.25, -0.2) is 4.79 Å². The van der Waals surface area contributed by atoms with Gasteiger partial charge in [0.05, 0.1) is 6.61 Å². The Morgan fingerprint density at radius 3 is 2.45 bits per heavy atom. The minimum absolute atomic E-state index is 0.357. The number of halogens is 2. The van der Waals surface area contributed by atoms with Crippen LogP contribution in [0.15, 0.2) is 48.5 Å². The highest BCUT2D eigenvalue weighted by Crippen LogP contribution is 2.21. The van der Waals surface area contributed by atoms with E-state index < -0.39 is 0 Å². The van der Waals surface area contributed by atoms with E-state index in [2.05, 4.69) is 0 Å². The lowest BCUT2D eigenvalue weighted by atomic mass is 9.99. The first-order chi connectivity index (χ1) is 10.6. The fraction of sp³-hybridized carbons (Fsp3) is 0.167. The van der Waals surface area contributed by atoms with Crippen LogP contribution in [-0.2, 0) is 16.0 Å². The highest BCUT2D eigenvalue weighted by Gasteiger charge is 2.04. The first-order valence-corrected chi connectivity index (χ1v) is 7.72. The second-order valence-corrected chi connectivity index (χ2v) is 5.60. The summed E-state index contributed by atoms with van der Waals surface area (Å²) in [6.45, 7) is 2.13. The van der Waals surface area contributed by atoms with E-state index in [0.29, 0.717) is 16.7 Å². The van der Waals surface area contributed by atoms with Gasteiger partial charge in [0.25, 0.3) is 0 Å². The first kappa shape index (κ1) is 16.6. The summed E-state index contributed by atoms with van der Waals surface area (Å²) < 4.78 is 4.89. The number of esters is 1. The summed E-state index contributed by atoms with van der Waals surface area (Å²) in [6, 6.07) is 13.3. The van der Waals surface area contributed by atoms with Gasteiger partial charge in [-0.2, -0.15) is 0 Å². The molecule has 0 aliphatic carbocycles. The van der Waals surface area contributed by atoms with Gasteiger partial charge in [0, 0.05) is 16.1 Å². The minimum atomic E-state index is -0.361. The van der Waals surface area contributed by atoms with Crippen molar-refractivity contribution in [2.75, 3.05) is 6.61 Å². The van der Waals surface area contributed by atoms with Gasteiger partial charge in [-0.1, -0.05) is 41.4 Å². The molecule has 0 saturated carbocycles. The van der Waals surface area contributed by atoms with Gasteiger partial charge in [-0.15, -0.1) is 0 Å². The van der Waals surface area contributed by atoms with Gasteiger partial charge in [-0.05, 0) is 60.4 Å². The fourth-order valence-corrected chi connectivity index (χ4v) is 2.36. The largest absolute Gasteiger partial charge is 0.463 e. The first-order valence-electron chi connectivity index (χ1n) is 6.96. The Kier molecular flexibility index (Phi) is 6.05. The molecule has 0 aliphatic rings. The lowest BCUT2D eigenvalue weighted by Crippen LogP contribution is -1.99. The molecular formula is C18H16Cl2O2.